The molecule has 0 saturated carbocycles. The molecule has 0 bridgehead atoms. The number of rotatable bonds is 6. The molecule has 0 aliphatic heterocycles. The van der Waals surface area contributed by atoms with Crippen LogP contribution in [0.2, 0.25) is 0 Å². The van der Waals surface area contributed by atoms with Gasteiger partial charge in [-0.2, -0.15) is 0 Å². The Morgan fingerprint density at radius 1 is 0.917 bits per heavy atom. The quantitative estimate of drug-likeness (QED) is 0.583. The van der Waals surface area contributed by atoms with Gasteiger partial charge in [0.25, 0.3) is 0 Å². The molecule has 0 fully saturated rings. The lowest BCUT2D eigenvalue weighted by molar-refractivity contribution is -0.139. The molecular weight excluding hydrogens is 314 g/mol. The van der Waals surface area contributed by atoms with Gasteiger partial charge in [-0.1, -0.05) is 19.7 Å². The van der Waals surface area contributed by atoms with Gasteiger partial charge in [-0.05, 0) is 34.9 Å². The molecule has 0 heterocycles. The van der Waals surface area contributed by atoms with Crippen LogP contribution in [0.25, 0.3) is 0 Å². The molecule has 0 aromatic carbocycles. The molecule has 0 aliphatic rings. The molecule has 1 N–H and O–H groups in total. The molecule has 24 heavy (non-hydrogen) atoms. The fourth-order valence-electron chi connectivity index (χ4n) is 0.618. The van der Waals surface area contributed by atoms with Gasteiger partial charge in [-0.25, -0.2) is 14.4 Å². The molecule has 0 rings (SSSR count). The Morgan fingerprint density at radius 3 is 1.46 bits per heavy atom. The predicted molar refractivity (Wildman–Crippen MR) is 93.6 cm³/mol. The lowest BCUT2D eigenvalue weighted by Gasteiger charge is -2.09. The first-order valence-electron chi connectivity index (χ1n) is 6.96. The molecule has 138 valence electrons. The summed E-state index contributed by atoms with van der Waals surface area (Å²) >= 11 is 0. The van der Waals surface area contributed by atoms with Crippen LogP contribution in [0.15, 0.2) is 36.5 Å². The zero-order chi connectivity index (χ0) is 19.9. The minimum absolute atomic E-state index is 0.176. The summed E-state index contributed by atoms with van der Waals surface area (Å²) in [5.74, 6) is -1.60. The van der Waals surface area contributed by atoms with Crippen LogP contribution in [0.3, 0.4) is 0 Å². The van der Waals surface area contributed by atoms with Gasteiger partial charge in [0.15, 0.2) is 0 Å². The average molecular weight is 343 g/mol. The number of aliphatic carboxylic acids is 1. The van der Waals surface area contributed by atoms with E-state index >= 15 is 0 Å². The predicted octanol–water partition coefficient (Wildman–Crippen LogP) is 2.05. The minimum Gasteiger partial charge on any atom is -0.478 e. The number of carboxylic acids is 1. The number of nitrogens with zero attached hydrogens (tertiary/aromatic N) is 1. The van der Waals surface area contributed by atoms with Gasteiger partial charge in [-0.3, -0.25) is 0 Å². The second kappa shape index (κ2) is 15.5. The van der Waals surface area contributed by atoms with Crippen LogP contribution in [0.5, 0.6) is 0 Å². The Bertz CT molecular complexity index is 454. The van der Waals surface area contributed by atoms with Crippen molar-refractivity contribution in [1.82, 2.24) is 4.90 Å². The zero-order valence-corrected chi connectivity index (χ0v) is 15.5. The van der Waals surface area contributed by atoms with E-state index in [2.05, 4.69) is 24.5 Å². The molecule has 0 spiro atoms. The van der Waals surface area contributed by atoms with E-state index in [0.29, 0.717) is 17.8 Å². The molecule has 0 aromatic heterocycles. The maximum Gasteiger partial charge on any atom is 0.333 e. The third kappa shape index (κ3) is 21.9. The Labute approximate surface area is 144 Å². The number of ether oxygens (including phenoxy) is 2. The first kappa shape index (κ1) is 26.5. The maximum absolute atomic E-state index is 10.8. The highest BCUT2D eigenvalue weighted by molar-refractivity contribution is 5.87. The highest BCUT2D eigenvalue weighted by atomic mass is 16.5. The van der Waals surface area contributed by atoms with Gasteiger partial charge in [0.2, 0.25) is 0 Å². The number of methoxy groups -OCH3 is 1. The second-order valence-corrected chi connectivity index (χ2v) is 5.08. The van der Waals surface area contributed by atoms with Crippen molar-refractivity contribution in [2.24, 2.45) is 0 Å². The molecule has 7 heteroatoms. The van der Waals surface area contributed by atoms with Crippen LogP contribution in [0.4, 0.5) is 0 Å². The van der Waals surface area contributed by atoms with E-state index < -0.39 is 5.97 Å². The molecular formula is C17H29NO6. The third-order valence-electron chi connectivity index (χ3n) is 2.02. The zero-order valence-electron chi connectivity index (χ0n) is 15.5. The van der Waals surface area contributed by atoms with E-state index in [9.17, 15) is 14.4 Å². The van der Waals surface area contributed by atoms with Crippen molar-refractivity contribution in [2.45, 2.75) is 20.8 Å². The molecule has 0 aliphatic carbocycles. The van der Waals surface area contributed by atoms with Gasteiger partial charge in [-0.15, -0.1) is 0 Å². The van der Waals surface area contributed by atoms with Gasteiger partial charge < -0.3 is 19.5 Å². The molecule has 0 unspecified atom stereocenters. The van der Waals surface area contributed by atoms with Crippen molar-refractivity contribution in [1.29, 1.82) is 0 Å². The summed E-state index contributed by atoms with van der Waals surface area (Å²) in [6.45, 7) is 15.8. The molecule has 0 atom stereocenters. The van der Waals surface area contributed by atoms with Crippen LogP contribution in [-0.4, -0.2) is 62.3 Å². The van der Waals surface area contributed by atoms with Crippen molar-refractivity contribution >= 4 is 17.9 Å². The first-order chi connectivity index (χ1) is 10.9. The van der Waals surface area contributed by atoms with E-state index in [1.54, 1.807) is 13.8 Å². The number of likely N-dealkylation sites (N-methyl/N-ethyl adjacent to an activating group) is 1. The van der Waals surface area contributed by atoms with E-state index in [1.165, 1.54) is 14.0 Å². The fourth-order valence-corrected chi connectivity index (χ4v) is 0.618. The summed E-state index contributed by atoms with van der Waals surface area (Å²) in [6, 6.07) is 0. The highest BCUT2D eigenvalue weighted by Crippen LogP contribution is 1.91. The summed E-state index contributed by atoms with van der Waals surface area (Å²) in [4.78, 5) is 32.5. The molecule has 0 aromatic rings. The number of carboxylic acid groups (broad SMARTS) is 1. The van der Waals surface area contributed by atoms with Gasteiger partial charge in [0.1, 0.15) is 6.61 Å². The normalized spacial score (nSPS) is 8.62. The van der Waals surface area contributed by atoms with E-state index in [1.807, 2.05) is 19.0 Å². The number of hydrogen-bond donors (Lipinski definition) is 1. The van der Waals surface area contributed by atoms with Crippen LogP contribution < -0.4 is 0 Å². The van der Waals surface area contributed by atoms with Crippen LogP contribution in [0.1, 0.15) is 20.8 Å². The number of carbonyl (C=O) groups is 3. The van der Waals surface area contributed by atoms with E-state index in [0.717, 1.165) is 6.54 Å². The molecule has 0 radical (unpaired) electrons. The Balaban J connectivity index is -0.000000294. The molecule has 0 saturated heterocycles. The number of hydrogen-bond acceptors (Lipinski definition) is 6. The van der Waals surface area contributed by atoms with Gasteiger partial charge >= 0.3 is 17.9 Å². The van der Waals surface area contributed by atoms with Crippen molar-refractivity contribution in [3.8, 4) is 0 Å². The lowest BCUT2D eigenvalue weighted by Crippen LogP contribution is -2.20. The first-order valence-corrected chi connectivity index (χ1v) is 6.96. The fraction of sp³-hybridized carbons (Fsp3) is 0.471. The molecule has 0 amide bonds. The second-order valence-electron chi connectivity index (χ2n) is 5.08. The van der Waals surface area contributed by atoms with Crippen molar-refractivity contribution in [3.05, 3.63) is 36.5 Å². The lowest BCUT2D eigenvalue weighted by atomic mass is 10.4. The summed E-state index contributed by atoms with van der Waals surface area (Å²) in [6.07, 6.45) is 0. The van der Waals surface area contributed by atoms with Crippen LogP contribution >= 0.6 is 0 Å². The van der Waals surface area contributed by atoms with E-state index in [-0.39, 0.29) is 17.5 Å². The SMILES string of the molecule is C=C(C)C(=O)O.C=C(C)C(=O)OC.C=C(C)C(=O)OCCN(C)C. The Hall–Kier alpha value is -2.41. The van der Waals surface area contributed by atoms with Gasteiger partial charge in [0, 0.05) is 23.3 Å². The third-order valence-corrected chi connectivity index (χ3v) is 2.02. The summed E-state index contributed by atoms with van der Waals surface area (Å²) in [7, 11) is 5.18. The van der Waals surface area contributed by atoms with Crippen molar-refractivity contribution in [3.63, 3.8) is 0 Å². The van der Waals surface area contributed by atoms with Gasteiger partial charge in [0.05, 0.1) is 7.11 Å². The average Bonchev–Trinajstić information content (AvgIpc) is 2.46. The highest BCUT2D eigenvalue weighted by Gasteiger charge is 2.01. The summed E-state index contributed by atoms with van der Waals surface area (Å²) in [5.41, 5.74) is 1.06. The van der Waals surface area contributed by atoms with Crippen molar-refractivity contribution in [2.75, 3.05) is 34.4 Å². The smallest absolute Gasteiger partial charge is 0.333 e. The van der Waals surface area contributed by atoms with E-state index in [4.69, 9.17) is 9.84 Å². The topological polar surface area (TPSA) is 93.1 Å². The largest absolute Gasteiger partial charge is 0.478 e. The molecule has 7 nitrogen and oxygen atoms in total. The maximum atomic E-state index is 10.8. The summed E-state index contributed by atoms with van der Waals surface area (Å²) < 4.78 is 9.11. The minimum atomic E-state index is -0.935. The number of carbonyl (C=O) groups excluding carboxylic acids is 2. The van der Waals surface area contributed by atoms with Crippen molar-refractivity contribution < 1.29 is 29.0 Å². The standard InChI is InChI=1S/C8H15NO2.C5H8O2.C4H6O2/c1-7(2)8(10)11-6-5-9(3)4;1-4(2)5(6)7-3;1-3(2)4(5)6/h1,5-6H2,2-4H3;1H2,2-3H3;1H2,2H3,(H,5,6). The Kier molecular flexibility index (Phi) is 17.1. The Morgan fingerprint density at radius 2 is 1.29 bits per heavy atom. The van der Waals surface area contributed by atoms with Crippen LogP contribution in [0, 0.1) is 0 Å². The van der Waals surface area contributed by atoms with Crippen LogP contribution in [-0.2, 0) is 23.9 Å². The number of esters is 2. The summed E-state index contributed by atoms with van der Waals surface area (Å²) in [5, 5.41) is 7.89. The monoisotopic (exact) mass is 343 g/mol.